The van der Waals surface area contributed by atoms with Crippen LogP contribution in [0.3, 0.4) is 0 Å². The van der Waals surface area contributed by atoms with Gasteiger partial charge in [0.05, 0.1) is 24.9 Å². The first-order chi connectivity index (χ1) is 10.8. The van der Waals surface area contributed by atoms with E-state index < -0.39 is 28.1 Å². The molecule has 0 aliphatic carbocycles. The Morgan fingerprint density at radius 1 is 1.30 bits per heavy atom. The molecule has 23 heavy (non-hydrogen) atoms. The van der Waals surface area contributed by atoms with Gasteiger partial charge >= 0.3 is 5.97 Å². The number of nitrogens with zero attached hydrogens (tertiary/aromatic N) is 2. The lowest BCUT2D eigenvalue weighted by molar-refractivity contribution is -0.149. The van der Waals surface area contributed by atoms with E-state index in [0.29, 0.717) is 32.4 Å². The second-order valence-electron chi connectivity index (χ2n) is 5.96. The summed E-state index contributed by atoms with van der Waals surface area (Å²) in [6, 6.07) is -0.657. The summed E-state index contributed by atoms with van der Waals surface area (Å²) < 4.78 is 31.3. The van der Waals surface area contributed by atoms with Crippen molar-refractivity contribution >= 4 is 21.9 Å². The summed E-state index contributed by atoms with van der Waals surface area (Å²) in [6.07, 6.45) is 1.00. The summed E-state index contributed by atoms with van der Waals surface area (Å²) >= 11 is 0. The monoisotopic (exact) mass is 348 g/mol. The number of hydrogen-bond acceptors (Lipinski definition) is 5. The molecule has 9 heteroatoms. The van der Waals surface area contributed by atoms with Crippen LogP contribution in [0.2, 0.25) is 0 Å². The third-order valence-corrected chi connectivity index (χ3v) is 6.24. The van der Waals surface area contributed by atoms with Crippen LogP contribution in [0.25, 0.3) is 0 Å². The number of amides is 1. The number of carboxylic acid groups (broad SMARTS) is 1. The number of carboxylic acids is 1. The molecule has 0 saturated carbocycles. The number of aliphatic carboxylic acids is 1. The highest BCUT2D eigenvalue weighted by Crippen LogP contribution is 2.24. The molecular formula is C14H24N2O6S. The first-order valence-corrected chi connectivity index (χ1v) is 9.57. The Hall–Kier alpha value is -1.19. The summed E-state index contributed by atoms with van der Waals surface area (Å²) in [7, 11) is -3.41. The molecule has 2 rings (SSSR count). The molecule has 2 aliphatic rings. The van der Waals surface area contributed by atoms with E-state index in [4.69, 9.17) is 9.84 Å². The van der Waals surface area contributed by atoms with Crippen LogP contribution < -0.4 is 0 Å². The van der Waals surface area contributed by atoms with Crippen molar-refractivity contribution in [1.82, 2.24) is 9.21 Å². The number of rotatable bonds is 6. The topological polar surface area (TPSA) is 104 Å². The number of morpholine rings is 1. The molecule has 132 valence electrons. The maximum atomic E-state index is 12.7. The van der Waals surface area contributed by atoms with Crippen LogP contribution in [-0.2, 0) is 24.3 Å². The minimum Gasteiger partial charge on any atom is -0.481 e. The molecule has 2 aliphatic heterocycles. The van der Waals surface area contributed by atoms with E-state index in [1.165, 1.54) is 4.31 Å². The average molecular weight is 348 g/mol. The normalized spacial score (nSPS) is 26.4. The van der Waals surface area contributed by atoms with E-state index in [2.05, 4.69) is 0 Å². The van der Waals surface area contributed by atoms with Gasteiger partial charge in [-0.25, -0.2) is 8.42 Å². The average Bonchev–Trinajstić information content (AvgIpc) is 2.96. The number of hydrogen-bond donors (Lipinski definition) is 1. The zero-order valence-electron chi connectivity index (χ0n) is 13.3. The van der Waals surface area contributed by atoms with Crippen molar-refractivity contribution in [3.63, 3.8) is 0 Å². The molecule has 0 aromatic heterocycles. The first-order valence-electron chi connectivity index (χ1n) is 7.97. The molecule has 2 saturated heterocycles. The molecule has 8 nitrogen and oxygen atoms in total. The van der Waals surface area contributed by atoms with E-state index in [1.54, 1.807) is 11.8 Å². The molecule has 0 spiro atoms. The molecule has 1 amide bonds. The van der Waals surface area contributed by atoms with Crippen LogP contribution in [-0.4, -0.2) is 78.7 Å². The van der Waals surface area contributed by atoms with E-state index in [1.807, 2.05) is 0 Å². The summed E-state index contributed by atoms with van der Waals surface area (Å²) in [5.74, 6) is -1.17. The molecule has 0 radical (unpaired) electrons. The van der Waals surface area contributed by atoms with Gasteiger partial charge in [-0.15, -0.1) is 0 Å². The number of carbonyl (C=O) groups excluding carboxylic acids is 1. The highest BCUT2D eigenvalue weighted by molar-refractivity contribution is 7.89. The molecule has 2 atom stereocenters. The van der Waals surface area contributed by atoms with Gasteiger partial charge in [0.25, 0.3) is 0 Å². The lowest BCUT2D eigenvalue weighted by Crippen LogP contribution is -2.53. The van der Waals surface area contributed by atoms with Crippen LogP contribution in [0, 0.1) is 0 Å². The van der Waals surface area contributed by atoms with Crippen LogP contribution in [0.4, 0.5) is 0 Å². The zero-order chi connectivity index (χ0) is 17.0. The van der Waals surface area contributed by atoms with Crippen molar-refractivity contribution in [3.05, 3.63) is 0 Å². The number of sulfonamides is 1. The minimum absolute atomic E-state index is 0.0432. The van der Waals surface area contributed by atoms with Crippen LogP contribution in [0.15, 0.2) is 0 Å². The van der Waals surface area contributed by atoms with Crippen molar-refractivity contribution < 1.29 is 27.9 Å². The van der Waals surface area contributed by atoms with Crippen LogP contribution in [0.1, 0.15) is 32.6 Å². The van der Waals surface area contributed by atoms with Crippen molar-refractivity contribution in [2.45, 2.75) is 44.8 Å². The molecular weight excluding hydrogens is 324 g/mol. The van der Waals surface area contributed by atoms with Crippen LogP contribution >= 0.6 is 0 Å². The molecule has 2 fully saturated rings. The quantitative estimate of drug-likeness (QED) is 0.718. The fourth-order valence-corrected chi connectivity index (χ4v) is 4.88. The fourth-order valence-electron chi connectivity index (χ4n) is 3.14. The van der Waals surface area contributed by atoms with Gasteiger partial charge in [-0.05, 0) is 19.3 Å². The highest BCUT2D eigenvalue weighted by atomic mass is 32.2. The van der Waals surface area contributed by atoms with Gasteiger partial charge in [-0.2, -0.15) is 4.31 Å². The Bertz CT molecular complexity index is 549. The van der Waals surface area contributed by atoms with Crippen molar-refractivity contribution in [3.8, 4) is 0 Å². The number of carbonyl (C=O) groups is 2. The van der Waals surface area contributed by atoms with E-state index in [-0.39, 0.29) is 31.2 Å². The van der Waals surface area contributed by atoms with Gasteiger partial charge in [0.2, 0.25) is 15.9 Å². The molecule has 0 aromatic carbocycles. The standard InChI is InChI=1S/C14H24N2O6S/c1-2-8-23(20,21)16-5-3-4-12(16)14(19)15-6-7-22-11(10-15)9-13(17)18/h11-12H,2-10H2,1H3,(H,17,18). The van der Waals surface area contributed by atoms with Crippen LogP contribution in [0.5, 0.6) is 0 Å². The van der Waals surface area contributed by atoms with Gasteiger partial charge in [0.1, 0.15) is 6.04 Å². The highest BCUT2D eigenvalue weighted by Gasteiger charge is 2.41. The largest absolute Gasteiger partial charge is 0.481 e. The van der Waals surface area contributed by atoms with Gasteiger partial charge < -0.3 is 14.7 Å². The second-order valence-corrected chi connectivity index (χ2v) is 8.00. The minimum atomic E-state index is -3.41. The zero-order valence-corrected chi connectivity index (χ0v) is 14.1. The Labute approximate surface area is 136 Å². The van der Waals surface area contributed by atoms with Crippen molar-refractivity contribution in [1.29, 1.82) is 0 Å². The van der Waals surface area contributed by atoms with Gasteiger partial charge in [-0.3, -0.25) is 9.59 Å². The Morgan fingerprint density at radius 3 is 2.70 bits per heavy atom. The maximum absolute atomic E-state index is 12.7. The summed E-state index contributed by atoms with van der Waals surface area (Å²) in [5, 5.41) is 8.84. The summed E-state index contributed by atoms with van der Waals surface area (Å²) in [5.41, 5.74) is 0. The summed E-state index contributed by atoms with van der Waals surface area (Å²) in [4.78, 5) is 25.0. The lowest BCUT2D eigenvalue weighted by Gasteiger charge is -2.35. The van der Waals surface area contributed by atoms with E-state index >= 15 is 0 Å². The third-order valence-electron chi connectivity index (χ3n) is 4.16. The predicted octanol–water partition coefficient (Wildman–Crippen LogP) is -0.107. The van der Waals surface area contributed by atoms with Crippen molar-refractivity contribution in [2.24, 2.45) is 0 Å². The smallest absolute Gasteiger partial charge is 0.306 e. The molecule has 2 unspecified atom stereocenters. The Balaban J connectivity index is 2.05. The van der Waals surface area contributed by atoms with E-state index in [0.717, 1.165) is 0 Å². The van der Waals surface area contributed by atoms with Gasteiger partial charge in [-0.1, -0.05) is 6.92 Å². The third kappa shape index (κ3) is 4.42. The number of ether oxygens (including phenoxy) is 1. The first kappa shape index (κ1) is 18.2. The molecule has 2 heterocycles. The molecule has 1 N–H and O–H groups in total. The van der Waals surface area contributed by atoms with Gasteiger partial charge in [0.15, 0.2) is 0 Å². The Kier molecular flexibility index (Phi) is 5.99. The van der Waals surface area contributed by atoms with Crippen molar-refractivity contribution in [2.75, 3.05) is 32.0 Å². The van der Waals surface area contributed by atoms with Gasteiger partial charge in [0, 0.05) is 19.6 Å². The molecule has 0 bridgehead atoms. The maximum Gasteiger partial charge on any atom is 0.306 e. The predicted molar refractivity (Wildman–Crippen MR) is 82.4 cm³/mol. The Morgan fingerprint density at radius 2 is 2.04 bits per heavy atom. The lowest BCUT2D eigenvalue weighted by atomic mass is 10.1. The fraction of sp³-hybridized carbons (Fsp3) is 0.857. The van der Waals surface area contributed by atoms with E-state index in [9.17, 15) is 18.0 Å². The molecule has 0 aromatic rings. The second kappa shape index (κ2) is 7.59. The SMILES string of the molecule is CCCS(=O)(=O)N1CCCC1C(=O)N1CCOC(CC(=O)O)C1. The summed E-state index contributed by atoms with van der Waals surface area (Å²) in [6.45, 7) is 3.01.